The molecular formula is C61H100O14. The summed E-state index contributed by atoms with van der Waals surface area (Å²) in [5.41, 5.74) is 0. The summed E-state index contributed by atoms with van der Waals surface area (Å²) in [6.45, 7) is 3.38. The summed E-state index contributed by atoms with van der Waals surface area (Å²) in [5, 5.41) is 72.3. The van der Waals surface area contributed by atoms with Crippen LogP contribution >= 0.6 is 0 Å². The van der Waals surface area contributed by atoms with E-state index in [1.165, 1.54) is 6.42 Å². The van der Waals surface area contributed by atoms with Crippen LogP contribution in [-0.2, 0) is 33.2 Å². The Labute approximate surface area is 451 Å². The molecule has 14 heteroatoms. The standard InChI is InChI=1S/C61H100O14/c1-3-5-7-9-11-13-15-17-19-21-23-24-25-27-29-31-33-35-37-39-41-43-45-70-47-50(73-53(63)44-42-40-38-36-34-32-30-28-26-22-20-18-16-14-12-10-8-6-4-2)48-71-60-59(69)57(67)55(65)52(75-60)49-72-61-58(68)56(66)54(64)51(46-62)74-61/h5-8,11-14,17-20,23-24,26-29,50-52,54-62,64-69H,3-4,9-10,15-16,21-22,25,30-49H2,1-2H3/b7-5-,8-6-,13-11-,14-12-,19-17-,20-18-,24-23-,28-26-,29-27-. The van der Waals surface area contributed by atoms with Crippen molar-refractivity contribution in [1.29, 1.82) is 0 Å². The van der Waals surface area contributed by atoms with E-state index in [0.29, 0.717) is 13.0 Å². The van der Waals surface area contributed by atoms with Crippen LogP contribution in [0, 0.1) is 0 Å². The average molecular weight is 1060 g/mol. The molecule has 2 fully saturated rings. The zero-order valence-corrected chi connectivity index (χ0v) is 45.7. The summed E-state index contributed by atoms with van der Waals surface area (Å²) in [4.78, 5) is 13.1. The highest BCUT2D eigenvalue weighted by Crippen LogP contribution is 2.26. The van der Waals surface area contributed by atoms with Gasteiger partial charge in [0.05, 0.1) is 26.4 Å². The van der Waals surface area contributed by atoms with Crippen molar-refractivity contribution in [1.82, 2.24) is 0 Å². The van der Waals surface area contributed by atoms with Crippen LogP contribution in [0.1, 0.15) is 168 Å². The molecule has 0 aliphatic carbocycles. The van der Waals surface area contributed by atoms with Crippen molar-refractivity contribution >= 4 is 5.97 Å². The summed E-state index contributed by atoms with van der Waals surface area (Å²) in [6.07, 6.45) is 47.1. The number of ether oxygens (including phenoxy) is 6. The molecule has 0 bridgehead atoms. The molecule has 2 aliphatic rings. The number of unbranched alkanes of at least 4 members (excludes halogenated alkanes) is 12. The second-order valence-electron chi connectivity index (χ2n) is 19.3. The fourth-order valence-electron chi connectivity index (χ4n) is 8.24. The Hall–Kier alpha value is -3.35. The van der Waals surface area contributed by atoms with Crippen molar-refractivity contribution in [3.05, 3.63) is 109 Å². The maximum atomic E-state index is 13.1. The summed E-state index contributed by atoms with van der Waals surface area (Å²) < 4.78 is 34.3. The normalized spacial score (nSPS) is 25.5. The Kier molecular flexibility index (Phi) is 42.2. The molecule has 0 spiro atoms. The molecule has 2 aliphatic heterocycles. The van der Waals surface area contributed by atoms with Gasteiger partial charge in [-0.05, 0) is 96.3 Å². The lowest BCUT2D eigenvalue weighted by Crippen LogP contribution is -2.61. The number of allylic oxidation sites excluding steroid dienone is 18. The van der Waals surface area contributed by atoms with Gasteiger partial charge in [0.25, 0.3) is 0 Å². The first kappa shape index (κ1) is 67.8. The molecule has 0 aromatic carbocycles. The van der Waals surface area contributed by atoms with Gasteiger partial charge in [-0.15, -0.1) is 0 Å². The lowest BCUT2D eigenvalue weighted by molar-refractivity contribution is -0.332. The van der Waals surface area contributed by atoms with Gasteiger partial charge in [0.15, 0.2) is 12.6 Å². The van der Waals surface area contributed by atoms with Gasteiger partial charge in [0.2, 0.25) is 0 Å². The maximum absolute atomic E-state index is 13.1. The number of aliphatic hydroxyl groups excluding tert-OH is 7. The van der Waals surface area contributed by atoms with E-state index in [2.05, 4.69) is 123 Å². The first-order valence-corrected chi connectivity index (χ1v) is 28.5. The predicted octanol–water partition coefficient (Wildman–Crippen LogP) is 9.96. The second-order valence-corrected chi connectivity index (χ2v) is 19.3. The first-order chi connectivity index (χ1) is 36.6. The third kappa shape index (κ3) is 33.5. The van der Waals surface area contributed by atoms with Crippen LogP contribution < -0.4 is 0 Å². The minimum absolute atomic E-state index is 0.0376. The summed E-state index contributed by atoms with van der Waals surface area (Å²) in [6, 6.07) is 0. The van der Waals surface area contributed by atoms with Gasteiger partial charge in [-0.2, -0.15) is 0 Å². The van der Waals surface area contributed by atoms with E-state index in [0.717, 1.165) is 135 Å². The van der Waals surface area contributed by atoms with E-state index in [9.17, 15) is 40.5 Å². The molecule has 2 rings (SSSR count). The Morgan fingerprint density at radius 2 is 0.827 bits per heavy atom. The number of aliphatic hydroxyl groups is 7. The number of hydrogen-bond acceptors (Lipinski definition) is 14. The van der Waals surface area contributed by atoms with E-state index in [-0.39, 0.29) is 19.6 Å². The van der Waals surface area contributed by atoms with Crippen LogP contribution in [0.4, 0.5) is 0 Å². The van der Waals surface area contributed by atoms with Gasteiger partial charge >= 0.3 is 5.97 Å². The molecule has 75 heavy (non-hydrogen) atoms. The van der Waals surface area contributed by atoms with Gasteiger partial charge in [-0.3, -0.25) is 4.79 Å². The lowest BCUT2D eigenvalue weighted by atomic mass is 9.98. The summed E-state index contributed by atoms with van der Waals surface area (Å²) >= 11 is 0. The molecule has 7 N–H and O–H groups in total. The molecular weight excluding hydrogens is 957 g/mol. The van der Waals surface area contributed by atoms with E-state index >= 15 is 0 Å². The van der Waals surface area contributed by atoms with E-state index in [1.54, 1.807) is 0 Å². The molecule has 0 aromatic rings. The lowest BCUT2D eigenvalue weighted by Gasteiger charge is -2.42. The van der Waals surface area contributed by atoms with Gasteiger partial charge in [0.1, 0.15) is 54.9 Å². The fourth-order valence-corrected chi connectivity index (χ4v) is 8.24. The Morgan fingerprint density at radius 3 is 1.29 bits per heavy atom. The zero-order chi connectivity index (χ0) is 54.4. The van der Waals surface area contributed by atoms with Crippen molar-refractivity contribution in [3.63, 3.8) is 0 Å². The molecule has 0 saturated carbocycles. The average Bonchev–Trinajstić information content (AvgIpc) is 3.41. The largest absolute Gasteiger partial charge is 0.457 e. The van der Waals surface area contributed by atoms with Crippen LogP contribution in [0.5, 0.6) is 0 Å². The predicted molar refractivity (Wildman–Crippen MR) is 297 cm³/mol. The molecule has 2 saturated heterocycles. The molecule has 0 aromatic heterocycles. The molecule has 0 amide bonds. The van der Waals surface area contributed by atoms with E-state index in [1.807, 2.05) is 0 Å². The number of carbonyl (C=O) groups excluding carboxylic acids is 1. The second kappa shape index (κ2) is 46.7. The van der Waals surface area contributed by atoms with Gasteiger partial charge < -0.3 is 64.2 Å². The highest BCUT2D eigenvalue weighted by atomic mass is 16.7. The molecule has 14 nitrogen and oxygen atoms in total. The Balaban J connectivity index is 1.75. The third-order valence-corrected chi connectivity index (χ3v) is 12.8. The first-order valence-electron chi connectivity index (χ1n) is 28.5. The van der Waals surface area contributed by atoms with Gasteiger partial charge in [0, 0.05) is 13.0 Å². The molecule has 428 valence electrons. The zero-order valence-electron chi connectivity index (χ0n) is 45.7. The van der Waals surface area contributed by atoms with Crippen molar-refractivity contribution in [2.45, 2.75) is 235 Å². The van der Waals surface area contributed by atoms with Gasteiger partial charge in [-0.25, -0.2) is 0 Å². The number of hydrogen-bond donors (Lipinski definition) is 7. The molecule has 11 unspecified atom stereocenters. The third-order valence-electron chi connectivity index (χ3n) is 12.8. The SMILES string of the molecule is CC/C=C\C/C=C\C/C=C\C/C=C\C/C=C\CCCCCCCCOCC(COC1OC(COC2OC(CO)C(O)C(O)C2O)C(O)C(O)C1O)OC(=O)CCCCCCCC/C=C\C/C=C\C/C=C\C/C=C\CC. The summed E-state index contributed by atoms with van der Waals surface area (Å²) in [5.74, 6) is -0.400. The van der Waals surface area contributed by atoms with E-state index < -0.39 is 86.7 Å². The topological polar surface area (TPSA) is 214 Å². The molecule has 11 atom stereocenters. The van der Waals surface area contributed by atoms with E-state index in [4.69, 9.17) is 28.4 Å². The molecule has 0 radical (unpaired) electrons. The van der Waals surface area contributed by atoms with Crippen LogP contribution in [0.15, 0.2) is 109 Å². The minimum atomic E-state index is -1.72. The maximum Gasteiger partial charge on any atom is 0.306 e. The smallest absolute Gasteiger partial charge is 0.306 e. The Morgan fingerprint density at radius 1 is 0.440 bits per heavy atom. The Bertz CT molecular complexity index is 1650. The quantitative estimate of drug-likeness (QED) is 0.0172. The van der Waals surface area contributed by atoms with Crippen LogP contribution in [0.3, 0.4) is 0 Å². The summed E-state index contributed by atoms with van der Waals surface area (Å²) in [7, 11) is 0. The highest BCUT2D eigenvalue weighted by Gasteiger charge is 2.47. The van der Waals surface area contributed by atoms with Crippen molar-refractivity contribution in [3.8, 4) is 0 Å². The van der Waals surface area contributed by atoms with Crippen LogP contribution in [0.25, 0.3) is 0 Å². The minimum Gasteiger partial charge on any atom is -0.457 e. The van der Waals surface area contributed by atoms with Crippen molar-refractivity contribution < 1.29 is 69.0 Å². The van der Waals surface area contributed by atoms with Gasteiger partial charge in [-0.1, -0.05) is 175 Å². The fraction of sp³-hybridized carbons (Fsp3) is 0.689. The van der Waals surface area contributed by atoms with Crippen molar-refractivity contribution in [2.75, 3.05) is 33.0 Å². The van der Waals surface area contributed by atoms with Crippen LogP contribution in [0.2, 0.25) is 0 Å². The monoisotopic (exact) mass is 1060 g/mol. The number of carbonyl (C=O) groups is 1. The van der Waals surface area contributed by atoms with Crippen molar-refractivity contribution in [2.24, 2.45) is 0 Å². The number of rotatable bonds is 44. The molecule has 2 heterocycles. The van der Waals surface area contributed by atoms with Crippen LogP contribution in [-0.4, -0.2) is 142 Å². The number of esters is 1. The highest BCUT2D eigenvalue weighted by molar-refractivity contribution is 5.69.